The van der Waals surface area contributed by atoms with Crippen molar-refractivity contribution in [1.29, 1.82) is 0 Å². The van der Waals surface area contributed by atoms with E-state index in [4.69, 9.17) is 23.9 Å². The molecule has 4 aliphatic heterocycles. The Labute approximate surface area is 414 Å². The summed E-state index contributed by atoms with van der Waals surface area (Å²) in [4.78, 5) is 43.2. The molecule has 2 amide bonds. The van der Waals surface area contributed by atoms with Gasteiger partial charge in [0.2, 0.25) is 11.3 Å². The number of hydrogen-bond donors (Lipinski definition) is 3. The van der Waals surface area contributed by atoms with Crippen molar-refractivity contribution in [3.63, 3.8) is 0 Å². The summed E-state index contributed by atoms with van der Waals surface area (Å²) in [7, 11) is 0. The third kappa shape index (κ3) is 13.0. The second-order valence-electron chi connectivity index (χ2n) is 18.2. The van der Waals surface area contributed by atoms with Crippen molar-refractivity contribution >= 4 is 56.5 Å². The zero-order valence-corrected chi connectivity index (χ0v) is 42.1. The van der Waals surface area contributed by atoms with Crippen molar-refractivity contribution in [2.45, 2.75) is 104 Å². The summed E-state index contributed by atoms with van der Waals surface area (Å²) in [5.41, 5.74) is 6.21. The zero-order chi connectivity index (χ0) is 45.7. The summed E-state index contributed by atoms with van der Waals surface area (Å²) in [5, 5.41) is 25.5. The van der Waals surface area contributed by atoms with Gasteiger partial charge >= 0.3 is 41.7 Å². The number of fused-ring (bicyclic) bond motifs is 4. The molecule has 346 valence electrons. The maximum Gasteiger partial charge on any atom is 1.00 e. The van der Waals surface area contributed by atoms with Crippen LogP contribution in [0.15, 0.2) is 53.4 Å². The Bertz CT molecular complexity index is 2650. The first-order valence-electron chi connectivity index (χ1n) is 21.8. The minimum absolute atomic E-state index is 0. The van der Waals surface area contributed by atoms with E-state index in [1.165, 1.54) is 11.1 Å². The summed E-state index contributed by atoms with van der Waals surface area (Å²) in [6.07, 6.45) is 6.31. The predicted molar refractivity (Wildman–Crippen MR) is 245 cm³/mol. The van der Waals surface area contributed by atoms with E-state index in [1.54, 1.807) is 21.8 Å². The van der Waals surface area contributed by atoms with Gasteiger partial charge in [0.05, 0.1) is 44.7 Å². The number of aromatic nitrogens is 10. The number of ether oxygens (including phenoxy) is 4. The van der Waals surface area contributed by atoms with E-state index in [-0.39, 0.29) is 49.2 Å². The van der Waals surface area contributed by atoms with Crippen molar-refractivity contribution in [2.24, 2.45) is 0 Å². The number of halogens is 1. The van der Waals surface area contributed by atoms with Crippen LogP contribution in [0, 0.1) is 0 Å². The average Bonchev–Trinajstić information content (AvgIpc) is 4.11. The number of nitrogens with zero attached hydrogens (tertiary/aromatic N) is 11. The standard InChI is InChI=1S/C22H27N7O3.C13H10BrN5O.C9H18N2O2.Na.H/c1-22(2,3)32-21(30)24-16-6-8-28(13-16)18-11-23-19-20(25-18)29(27-26-19)12-14-4-5-17-15(10-14)7-9-31-17;14-11-6-15-12-13(16-11)19(18-17-12)7-8-1-2-10-9(5-8)3-4-20-10;1-9(2,3)13-8(12)11-7-4-5-10-6-7;;/h4-5,10-11,16H,6-9,12-13H2,1-3H3,(H,24,30);1-2,5-6H,3-4,7H2;7,10H,4-6H2,1-3H3,(H,11,12);;/q;;;+1;-1/t16-;;7-;;/m1.1../s1. The number of benzene rings is 2. The molecule has 0 radical (unpaired) electrons. The smallest absolute Gasteiger partial charge is 1.00 e. The van der Waals surface area contributed by atoms with Crippen molar-refractivity contribution in [1.82, 2.24) is 65.9 Å². The van der Waals surface area contributed by atoms with Crippen LogP contribution in [0.3, 0.4) is 0 Å². The van der Waals surface area contributed by atoms with Gasteiger partial charge < -0.3 is 41.2 Å². The minimum Gasteiger partial charge on any atom is -1.00 e. The first-order chi connectivity index (χ1) is 31.1. The van der Waals surface area contributed by atoms with Crippen LogP contribution in [0.2, 0.25) is 0 Å². The summed E-state index contributed by atoms with van der Waals surface area (Å²) in [5.74, 6) is 2.69. The predicted octanol–water partition coefficient (Wildman–Crippen LogP) is 2.26. The average molecular weight is 980 g/mol. The van der Waals surface area contributed by atoms with E-state index in [1.807, 2.05) is 65.8 Å². The first-order valence-corrected chi connectivity index (χ1v) is 22.6. The Kier molecular flexibility index (Phi) is 15.6. The van der Waals surface area contributed by atoms with E-state index in [2.05, 4.69) is 84.5 Å². The van der Waals surface area contributed by atoms with E-state index < -0.39 is 17.3 Å². The van der Waals surface area contributed by atoms with Gasteiger partial charge in [-0.25, -0.2) is 38.9 Å². The number of carbonyl (C=O) groups excluding carboxylic acids is 2. The van der Waals surface area contributed by atoms with Gasteiger partial charge in [0.15, 0.2) is 11.3 Å². The molecular weight excluding hydrogens is 923 g/mol. The summed E-state index contributed by atoms with van der Waals surface area (Å²) in [6.45, 7) is 17.1. The molecule has 0 spiro atoms. The fourth-order valence-corrected chi connectivity index (χ4v) is 7.95. The molecule has 0 aliphatic carbocycles. The fraction of sp³-hybridized carbons (Fsp3) is 0.500. The quantitative estimate of drug-likeness (QED) is 0.195. The molecule has 4 aliphatic rings. The Hall–Kier alpha value is -5.22. The van der Waals surface area contributed by atoms with Crippen LogP contribution in [-0.4, -0.2) is 125 Å². The molecule has 20 nitrogen and oxygen atoms in total. The molecule has 8 heterocycles. The number of amides is 2. The second-order valence-corrected chi connectivity index (χ2v) is 19.0. The van der Waals surface area contributed by atoms with Crippen molar-refractivity contribution in [3.05, 3.63) is 75.6 Å². The molecule has 22 heteroatoms. The molecule has 2 aromatic carbocycles. The van der Waals surface area contributed by atoms with Crippen LogP contribution in [0.4, 0.5) is 15.4 Å². The Balaban J connectivity index is 0.000000181. The molecule has 2 atom stereocenters. The van der Waals surface area contributed by atoms with Crippen LogP contribution in [0.5, 0.6) is 11.5 Å². The molecule has 2 fully saturated rings. The van der Waals surface area contributed by atoms with Crippen molar-refractivity contribution < 1.29 is 59.5 Å². The second kappa shape index (κ2) is 21.2. The number of rotatable bonds is 7. The van der Waals surface area contributed by atoms with Crippen molar-refractivity contribution in [3.8, 4) is 11.5 Å². The molecule has 10 rings (SSSR count). The number of nitrogens with one attached hydrogen (secondary N) is 3. The van der Waals surface area contributed by atoms with Gasteiger partial charge in [0.25, 0.3) is 0 Å². The number of anilines is 1. The normalized spacial score (nSPS) is 17.3. The van der Waals surface area contributed by atoms with Gasteiger partial charge in [0, 0.05) is 38.5 Å². The third-order valence-electron chi connectivity index (χ3n) is 10.6. The van der Waals surface area contributed by atoms with Gasteiger partial charge in [-0.15, -0.1) is 10.2 Å². The molecule has 3 N–H and O–H groups in total. The van der Waals surface area contributed by atoms with Crippen LogP contribution < -0.4 is 59.9 Å². The number of hydrogen-bond acceptors (Lipinski definition) is 16. The molecule has 4 aromatic heterocycles. The van der Waals surface area contributed by atoms with Gasteiger partial charge in [0.1, 0.15) is 33.1 Å². The Morgan fingerprint density at radius 1 is 0.788 bits per heavy atom. The van der Waals surface area contributed by atoms with Crippen LogP contribution in [0.1, 0.15) is 78.1 Å². The molecular formula is C44H56BrN14NaO6. The van der Waals surface area contributed by atoms with E-state index in [0.29, 0.717) is 46.8 Å². The molecule has 2 saturated heterocycles. The summed E-state index contributed by atoms with van der Waals surface area (Å²) in [6, 6.07) is 12.6. The summed E-state index contributed by atoms with van der Waals surface area (Å²) >= 11 is 3.32. The number of carbonyl (C=O) groups is 2. The maximum absolute atomic E-state index is 12.1. The first kappa shape index (κ1) is 48.7. The van der Waals surface area contributed by atoms with E-state index in [0.717, 1.165) is 87.0 Å². The monoisotopic (exact) mass is 978 g/mol. The maximum atomic E-state index is 12.1. The minimum atomic E-state index is -0.518. The molecule has 0 unspecified atom stereocenters. The van der Waals surface area contributed by atoms with Crippen LogP contribution in [0.25, 0.3) is 22.6 Å². The Morgan fingerprint density at radius 2 is 1.33 bits per heavy atom. The van der Waals surface area contributed by atoms with Gasteiger partial charge in [-0.3, -0.25) is 0 Å². The topological polar surface area (TPSA) is 223 Å². The SMILES string of the molecule is Brc1cnc2nnn(Cc3ccc4c(c3)CCO4)c2n1.CC(C)(C)OC(=O)N[C@@H]1CCN(c2cnc3nnn(Cc4ccc5c(c4)CCO5)c3n2)C1.CC(C)(C)OC(=O)N[C@@H]1CCNC1.[H-].[Na+]. The van der Waals surface area contributed by atoms with E-state index in [9.17, 15) is 9.59 Å². The Morgan fingerprint density at radius 3 is 1.88 bits per heavy atom. The number of alkyl carbamates (subject to hydrolysis) is 2. The van der Waals surface area contributed by atoms with Crippen LogP contribution >= 0.6 is 15.9 Å². The van der Waals surface area contributed by atoms with Gasteiger partial charge in [-0.2, -0.15) is 0 Å². The van der Waals surface area contributed by atoms with Gasteiger partial charge in [-0.1, -0.05) is 34.7 Å². The zero-order valence-electron chi connectivity index (χ0n) is 39.5. The largest absolute Gasteiger partial charge is 1.00 e. The molecule has 0 bridgehead atoms. The molecule has 6 aromatic rings. The molecule has 66 heavy (non-hydrogen) atoms. The van der Waals surface area contributed by atoms with Gasteiger partial charge in [-0.05, 0) is 111 Å². The summed E-state index contributed by atoms with van der Waals surface area (Å²) < 4.78 is 25.8. The third-order valence-corrected chi connectivity index (χ3v) is 11.0. The van der Waals surface area contributed by atoms with Crippen molar-refractivity contribution in [2.75, 3.05) is 44.3 Å². The van der Waals surface area contributed by atoms with E-state index >= 15 is 0 Å². The fourth-order valence-electron chi connectivity index (χ4n) is 7.68. The molecule has 0 saturated carbocycles. The van der Waals surface area contributed by atoms with Crippen LogP contribution in [-0.2, 0) is 35.4 Å².